The third-order valence-corrected chi connectivity index (χ3v) is 8.48. The molecule has 0 aromatic heterocycles. The molecule has 0 saturated heterocycles. The van der Waals surface area contributed by atoms with Crippen LogP contribution in [0, 0.1) is 0 Å². The quantitative estimate of drug-likeness (QED) is 0.0189. The topological polar surface area (TPSA) is 140 Å². The summed E-state index contributed by atoms with van der Waals surface area (Å²) in [6, 6.07) is 0. The molecule has 0 aromatic carbocycles. The summed E-state index contributed by atoms with van der Waals surface area (Å²) in [5.41, 5.74) is 0. The Morgan fingerprint density at radius 1 is 0.604 bits per heavy atom. The zero-order chi connectivity index (χ0) is 39.1. The van der Waals surface area contributed by atoms with E-state index in [0.717, 1.165) is 57.8 Å². The summed E-state index contributed by atoms with van der Waals surface area (Å²) in [5.74, 6) is -1.02. The SMILES string of the molecule is CC/C=C\CC(O)/C=C/C=C/C/C=C\C/C=C\C/C=C\CCC(=O)O[C@H](COC(=O)CCCCCCC/C=C\CCCCCCCC)COP(=O)(O)O. The number of phosphoric ester groups is 1. The molecule has 0 amide bonds. The van der Waals surface area contributed by atoms with Crippen molar-refractivity contribution in [1.82, 2.24) is 0 Å². The lowest BCUT2D eigenvalue weighted by atomic mass is 10.1. The number of ether oxygens (including phenoxy) is 2. The minimum Gasteiger partial charge on any atom is -0.462 e. The average Bonchev–Trinajstić information content (AvgIpc) is 3.12. The molecule has 10 heteroatoms. The molecule has 0 radical (unpaired) electrons. The van der Waals surface area contributed by atoms with Gasteiger partial charge in [-0.1, -0.05) is 150 Å². The molecule has 0 heterocycles. The van der Waals surface area contributed by atoms with E-state index in [2.05, 4.69) is 48.8 Å². The van der Waals surface area contributed by atoms with Crippen LogP contribution in [-0.2, 0) is 28.2 Å². The van der Waals surface area contributed by atoms with Gasteiger partial charge in [-0.25, -0.2) is 4.57 Å². The first-order valence-electron chi connectivity index (χ1n) is 20.0. The largest absolute Gasteiger partial charge is 0.469 e. The fourth-order valence-corrected chi connectivity index (χ4v) is 5.37. The molecule has 2 atom stereocenters. The fraction of sp³-hybridized carbons (Fsp3) is 0.628. The summed E-state index contributed by atoms with van der Waals surface area (Å²) in [7, 11) is -4.79. The third-order valence-electron chi connectivity index (χ3n) is 7.99. The van der Waals surface area contributed by atoms with Gasteiger partial charge in [-0.15, -0.1) is 0 Å². The molecule has 1 unspecified atom stereocenters. The highest BCUT2D eigenvalue weighted by Crippen LogP contribution is 2.35. The standard InChI is InChI=1S/C43H71O9P/c1-3-5-7-8-9-10-11-12-13-16-19-22-25-28-32-36-42(45)50-38-41(39-51-53(47,48)49)52-43(46)37-33-29-26-23-20-17-14-15-18-21-24-27-31-35-40(44)34-30-6-4-2/h6,12-13,15,17-18,20,24,26-27,29-31,35,40-41,44H,3-5,7-11,14,16,19,21-23,25,28,32-34,36-39H2,1-2H3,(H2,47,48,49)/b13-12-,18-15-,20-17-,27-24+,29-26-,30-6-,35-31+/t40?,41-/m1/s1. The number of carbonyl (C=O) groups excluding carboxylic acids is 2. The lowest BCUT2D eigenvalue weighted by Crippen LogP contribution is -2.29. The van der Waals surface area contributed by atoms with Gasteiger partial charge in [-0.2, -0.15) is 0 Å². The van der Waals surface area contributed by atoms with Crippen LogP contribution in [0.1, 0.15) is 149 Å². The van der Waals surface area contributed by atoms with E-state index in [1.165, 1.54) is 44.9 Å². The molecular weight excluding hydrogens is 691 g/mol. The number of phosphoric acid groups is 1. The normalized spacial score (nSPS) is 14.0. The molecule has 0 spiro atoms. The van der Waals surface area contributed by atoms with Gasteiger partial charge < -0.3 is 24.4 Å². The number of hydrogen-bond acceptors (Lipinski definition) is 7. The first-order valence-corrected chi connectivity index (χ1v) is 21.5. The van der Waals surface area contributed by atoms with Crippen LogP contribution in [0.5, 0.6) is 0 Å². The fourth-order valence-electron chi connectivity index (χ4n) is 5.01. The van der Waals surface area contributed by atoms with E-state index in [-0.39, 0.29) is 19.4 Å². The highest BCUT2D eigenvalue weighted by Gasteiger charge is 2.22. The maximum atomic E-state index is 12.4. The van der Waals surface area contributed by atoms with Gasteiger partial charge in [0.25, 0.3) is 0 Å². The number of esters is 2. The molecule has 9 nitrogen and oxygen atoms in total. The van der Waals surface area contributed by atoms with Crippen LogP contribution in [0.3, 0.4) is 0 Å². The zero-order valence-corrected chi connectivity index (χ0v) is 33.6. The maximum Gasteiger partial charge on any atom is 0.469 e. The third kappa shape index (κ3) is 40.2. The number of aliphatic hydroxyl groups excluding tert-OH is 1. The summed E-state index contributed by atoms with van der Waals surface area (Å²) in [6.45, 7) is 3.39. The van der Waals surface area contributed by atoms with Gasteiger partial charge in [0.1, 0.15) is 6.61 Å². The van der Waals surface area contributed by atoms with Crippen LogP contribution < -0.4 is 0 Å². The molecule has 0 saturated carbocycles. The molecule has 0 aliphatic rings. The molecule has 0 aliphatic carbocycles. The van der Waals surface area contributed by atoms with E-state index in [1.807, 2.05) is 48.6 Å². The first kappa shape index (κ1) is 50.2. The minimum absolute atomic E-state index is 0.0653. The second kappa shape index (κ2) is 37.5. The molecule has 0 fully saturated rings. The van der Waals surface area contributed by atoms with Gasteiger partial charge in [0, 0.05) is 12.8 Å². The Kier molecular flexibility index (Phi) is 35.5. The van der Waals surface area contributed by atoms with Crippen molar-refractivity contribution in [2.75, 3.05) is 13.2 Å². The van der Waals surface area contributed by atoms with Crippen LogP contribution >= 0.6 is 7.82 Å². The van der Waals surface area contributed by atoms with Gasteiger partial charge in [-0.3, -0.25) is 14.1 Å². The molecule has 53 heavy (non-hydrogen) atoms. The predicted octanol–water partition coefficient (Wildman–Crippen LogP) is 11.0. The molecular formula is C43H71O9P. The Labute approximate surface area is 321 Å². The van der Waals surface area contributed by atoms with E-state index >= 15 is 0 Å². The van der Waals surface area contributed by atoms with Crippen molar-refractivity contribution in [1.29, 1.82) is 0 Å². The molecule has 3 N–H and O–H groups in total. The molecule has 0 rings (SSSR count). The number of aliphatic hydroxyl groups is 1. The van der Waals surface area contributed by atoms with Gasteiger partial charge in [0.2, 0.25) is 0 Å². The van der Waals surface area contributed by atoms with E-state index in [9.17, 15) is 19.3 Å². The predicted molar refractivity (Wildman–Crippen MR) is 217 cm³/mol. The van der Waals surface area contributed by atoms with Crippen molar-refractivity contribution < 1.29 is 43.0 Å². The molecule has 0 bridgehead atoms. The summed E-state index contributed by atoms with van der Waals surface area (Å²) < 4.78 is 26.2. The van der Waals surface area contributed by atoms with Crippen molar-refractivity contribution in [2.24, 2.45) is 0 Å². The number of rotatable bonds is 35. The second-order valence-corrected chi connectivity index (χ2v) is 14.3. The van der Waals surface area contributed by atoms with E-state index in [1.54, 1.807) is 6.08 Å². The van der Waals surface area contributed by atoms with E-state index in [0.29, 0.717) is 19.3 Å². The lowest BCUT2D eigenvalue weighted by Gasteiger charge is -2.18. The lowest BCUT2D eigenvalue weighted by molar-refractivity contribution is -0.161. The Balaban J connectivity index is 4.16. The minimum atomic E-state index is -4.79. The van der Waals surface area contributed by atoms with Gasteiger partial charge in [0.05, 0.1) is 12.7 Å². The summed E-state index contributed by atoms with van der Waals surface area (Å²) >= 11 is 0. The summed E-state index contributed by atoms with van der Waals surface area (Å²) in [5, 5.41) is 9.81. The molecule has 0 aliphatic heterocycles. The van der Waals surface area contributed by atoms with Gasteiger partial charge in [0.15, 0.2) is 6.10 Å². The van der Waals surface area contributed by atoms with Crippen molar-refractivity contribution >= 4 is 19.8 Å². The maximum absolute atomic E-state index is 12.4. The second-order valence-electron chi connectivity index (χ2n) is 13.1. The summed E-state index contributed by atoms with van der Waals surface area (Å²) in [4.78, 5) is 42.7. The number of unbranched alkanes of at least 4 members (excludes halogenated alkanes) is 11. The van der Waals surface area contributed by atoms with Crippen LogP contribution in [0.4, 0.5) is 0 Å². The average molecular weight is 763 g/mol. The molecule has 0 aromatic rings. The van der Waals surface area contributed by atoms with E-state index < -0.39 is 38.6 Å². The Morgan fingerprint density at radius 2 is 1.17 bits per heavy atom. The monoisotopic (exact) mass is 762 g/mol. The highest BCUT2D eigenvalue weighted by atomic mass is 31.2. The van der Waals surface area contributed by atoms with Crippen molar-refractivity contribution in [3.05, 3.63) is 85.1 Å². The zero-order valence-electron chi connectivity index (χ0n) is 32.7. The molecule has 302 valence electrons. The van der Waals surface area contributed by atoms with Crippen LogP contribution in [0.15, 0.2) is 85.1 Å². The Bertz CT molecular complexity index is 1150. The smallest absolute Gasteiger partial charge is 0.462 e. The number of carbonyl (C=O) groups is 2. The van der Waals surface area contributed by atoms with Gasteiger partial charge in [-0.05, 0) is 70.6 Å². The van der Waals surface area contributed by atoms with Crippen LogP contribution in [0.2, 0.25) is 0 Å². The first-order chi connectivity index (χ1) is 25.7. The number of allylic oxidation sites excluding steroid dienone is 12. The van der Waals surface area contributed by atoms with Crippen LogP contribution in [-0.4, -0.2) is 52.3 Å². The van der Waals surface area contributed by atoms with Crippen molar-refractivity contribution in [3.63, 3.8) is 0 Å². The van der Waals surface area contributed by atoms with Gasteiger partial charge >= 0.3 is 19.8 Å². The Hall–Kier alpha value is -2.81. The van der Waals surface area contributed by atoms with Crippen LogP contribution in [0.25, 0.3) is 0 Å². The van der Waals surface area contributed by atoms with Crippen molar-refractivity contribution in [2.45, 2.75) is 161 Å². The van der Waals surface area contributed by atoms with Crippen molar-refractivity contribution in [3.8, 4) is 0 Å². The number of hydrogen-bond donors (Lipinski definition) is 3. The summed E-state index contributed by atoms with van der Waals surface area (Å²) in [6.07, 6.45) is 46.4. The highest BCUT2D eigenvalue weighted by molar-refractivity contribution is 7.46. The van der Waals surface area contributed by atoms with E-state index in [4.69, 9.17) is 19.3 Å². The Morgan fingerprint density at radius 3 is 1.79 bits per heavy atom.